The Balaban J connectivity index is 1.68. The summed E-state index contributed by atoms with van der Waals surface area (Å²) in [5, 5.41) is 0.773. The number of hydrogen-bond donors (Lipinski definition) is 1. The lowest BCUT2D eigenvalue weighted by Crippen LogP contribution is -2.62. The molecule has 0 spiro atoms. The zero-order chi connectivity index (χ0) is 25.9. The normalized spacial score (nSPS) is 29.8. The molecule has 0 saturated carbocycles. The molecule has 1 unspecified atom stereocenters. The Kier molecular flexibility index (Phi) is 2.17. The summed E-state index contributed by atoms with van der Waals surface area (Å²) in [6.45, 7) is -5.34. The number of H-pyrrole nitrogens is 1. The maximum Gasteiger partial charge on any atom is 0.245 e. The van der Waals surface area contributed by atoms with Crippen molar-refractivity contribution >= 4 is 22.7 Å². The number of hydrogen-bond acceptors (Lipinski definition) is 4. The highest BCUT2D eigenvalue weighted by molar-refractivity contribution is 5.97. The molecule has 4 heterocycles. The van der Waals surface area contributed by atoms with Crippen LogP contribution in [0.2, 0.25) is 0 Å². The van der Waals surface area contributed by atoms with E-state index in [1.165, 1.54) is 7.05 Å². The molecule has 2 atom stereocenters. The average molecular weight is 396 g/mol. The van der Waals surface area contributed by atoms with E-state index in [0.717, 1.165) is 15.2 Å². The zero-order valence-electron chi connectivity index (χ0n) is 22.2. The van der Waals surface area contributed by atoms with Crippen molar-refractivity contribution in [2.45, 2.75) is 18.5 Å². The number of aromatic nitrogens is 1. The minimum Gasteiger partial charge on any atom is -0.454 e. The lowest BCUT2D eigenvalue weighted by molar-refractivity contribution is -0.157. The molecular weight excluding hydrogens is 370 g/mol. The summed E-state index contributed by atoms with van der Waals surface area (Å²) in [5.74, 6) is -2.46. The smallest absolute Gasteiger partial charge is 0.245 e. The summed E-state index contributed by atoms with van der Waals surface area (Å²) in [5.41, 5.74) is 1.55. The van der Waals surface area contributed by atoms with E-state index in [4.69, 9.17) is 19.1 Å². The van der Waals surface area contributed by atoms with Crippen molar-refractivity contribution in [2.24, 2.45) is 0 Å². The van der Waals surface area contributed by atoms with Crippen molar-refractivity contribution in [1.29, 1.82) is 0 Å². The quantitative estimate of drug-likeness (QED) is 0.684. The third-order valence-electron chi connectivity index (χ3n) is 5.57. The molecule has 0 bridgehead atoms. The van der Waals surface area contributed by atoms with Crippen molar-refractivity contribution < 1.29 is 28.7 Å². The maximum absolute atomic E-state index is 13.5. The van der Waals surface area contributed by atoms with Gasteiger partial charge in [-0.25, -0.2) is 0 Å². The van der Waals surface area contributed by atoms with Crippen LogP contribution < -0.4 is 9.47 Å². The highest BCUT2D eigenvalue weighted by atomic mass is 16.7. The van der Waals surface area contributed by atoms with Gasteiger partial charge in [0.25, 0.3) is 0 Å². The summed E-state index contributed by atoms with van der Waals surface area (Å²) >= 11 is 0. The number of nitrogens with zero attached hydrogens (tertiary/aromatic N) is 2. The van der Waals surface area contributed by atoms with E-state index in [2.05, 4.69) is 4.98 Å². The number of ether oxygens (including phenoxy) is 2. The summed E-state index contributed by atoms with van der Waals surface area (Å²) < 4.78 is 68.2. The number of nitrogens with one attached hydrogen (secondary N) is 1. The number of para-hydroxylation sites is 1. The summed E-state index contributed by atoms with van der Waals surface area (Å²) in [6.07, 6.45) is 0.0857. The van der Waals surface area contributed by atoms with Crippen LogP contribution in [0.15, 0.2) is 42.4 Å². The molecule has 3 aliphatic heterocycles. The largest absolute Gasteiger partial charge is 0.454 e. The number of piperazine rings is 1. The monoisotopic (exact) mass is 396 g/mol. The van der Waals surface area contributed by atoms with E-state index < -0.39 is 66.8 Å². The third kappa shape index (κ3) is 2.24. The van der Waals surface area contributed by atoms with Crippen LogP contribution in [-0.4, -0.2) is 52.9 Å². The summed E-state index contributed by atoms with van der Waals surface area (Å²) in [7, 11) is 1.22. The Labute approximate surface area is 176 Å². The number of rotatable bonds is 1. The van der Waals surface area contributed by atoms with Crippen LogP contribution in [0.25, 0.3) is 10.9 Å². The van der Waals surface area contributed by atoms with Gasteiger partial charge >= 0.3 is 0 Å². The van der Waals surface area contributed by atoms with Gasteiger partial charge in [-0.2, -0.15) is 0 Å². The van der Waals surface area contributed by atoms with E-state index in [0.29, 0.717) is 16.8 Å². The fourth-order valence-corrected chi connectivity index (χ4v) is 4.29. The van der Waals surface area contributed by atoms with Crippen molar-refractivity contribution in [3.05, 3.63) is 59.2 Å². The second-order valence-corrected chi connectivity index (χ2v) is 7.14. The Morgan fingerprint density at radius 2 is 2.03 bits per heavy atom. The number of carbonyl (C=O) groups is 2. The molecule has 6 rings (SSSR count). The first-order valence-electron chi connectivity index (χ1n) is 12.6. The third-order valence-corrected chi connectivity index (χ3v) is 5.57. The molecule has 3 aliphatic rings. The number of fused-ring (bicyclic) bond motifs is 5. The fourth-order valence-electron chi connectivity index (χ4n) is 4.29. The highest BCUT2D eigenvalue weighted by Gasteiger charge is 2.47. The number of aromatic amines is 1. The zero-order valence-corrected chi connectivity index (χ0v) is 15.2. The van der Waals surface area contributed by atoms with E-state index in [1.54, 1.807) is 12.1 Å². The van der Waals surface area contributed by atoms with Gasteiger partial charge < -0.3 is 24.3 Å². The van der Waals surface area contributed by atoms with Gasteiger partial charge in [0.1, 0.15) is 8.78 Å². The molecule has 7 nitrogen and oxygen atoms in total. The molecule has 3 aromatic rings. The lowest BCUT2D eigenvalue weighted by atomic mass is 9.86. The van der Waals surface area contributed by atoms with Gasteiger partial charge in [-0.15, -0.1) is 0 Å². The topological polar surface area (TPSA) is 74.9 Å². The van der Waals surface area contributed by atoms with E-state index in [9.17, 15) is 9.59 Å². The number of amides is 2. The first-order chi connectivity index (χ1) is 16.8. The van der Waals surface area contributed by atoms with Gasteiger partial charge in [-0.1, -0.05) is 24.2 Å². The predicted molar refractivity (Wildman–Crippen MR) is 105 cm³/mol. The second kappa shape index (κ2) is 5.76. The summed E-state index contributed by atoms with van der Waals surface area (Å²) in [6, 6.07) is 3.27. The molecule has 0 radical (unpaired) electrons. The van der Waals surface area contributed by atoms with Crippen molar-refractivity contribution in [3.8, 4) is 11.5 Å². The van der Waals surface area contributed by atoms with Crippen LogP contribution >= 0.6 is 0 Å². The van der Waals surface area contributed by atoms with Crippen LogP contribution in [0.3, 0.4) is 0 Å². The van der Waals surface area contributed by atoms with Gasteiger partial charge in [0.2, 0.25) is 18.6 Å². The van der Waals surface area contributed by atoms with Gasteiger partial charge in [-0.05, 0) is 29.3 Å². The molecule has 7 heteroatoms. The molecule has 1 saturated heterocycles. The maximum atomic E-state index is 13.5. The minimum absolute atomic E-state index is 0.0857. The van der Waals surface area contributed by atoms with Crippen LogP contribution in [0, 0.1) is 0 Å². The lowest BCUT2D eigenvalue weighted by Gasteiger charge is -2.46. The number of benzene rings is 2. The van der Waals surface area contributed by atoms with E-state index >= 15 is 0 Å². The first-order valence-corrected chi connectivity index (χ1v) is 9.06. The molecule has 1 N–H and O–H groups in total. The SMILES string of the molecule is [2H]c1c([2H])c(C2c3[nH]c4ccccc4c3C[C@@H]3C(=O)N(C)C([2H])([2H])C(=O)N23)c([2H])c2c1OC([2H])([2H])O2. The Morgan fingerprint density at radius 1 is 1.21 bits per heavy atom. The second-order valence-electron chi connectivity index (χ2n) is 7.14. The van der Waals surface area contributed by atoms with E-state index in [-0.39, 0.29) is 12.0 Å². The predicted octanol–water partition coefficient (Wildman–Crippen LogP) is 2.21. The molecular formula is C22H19N3O4. The Bertz CT molecular complexity index is 1500. The Hall–Kier alpha value is -3.48. The van der Waals surface area contributed by atoms with Gasteiger partial charge in [0, 0.05) is 30.1 Å². The highest BCUT2D eigenvalue weighted by Crippen LogP contribution is 2.44. The van der Waals surface area contributed by atoms with Gasteiger partial charge in [0.05, 0.1) is 19.4 Å². The molecule has 2 amide bonds. The van der Waals surface area contributed by atoms with Crippen LogP contribution in [0.4, 0.5) is 0 Å². The molecule has 1 fully saturated rings. The molecule has 0 aliphatic carbocycles. The van der Waals surface area contributed by atoms with Crippen molar-refractivity contribution in [1.82, 2.24) is 14.8 Å². The molecule has 146 valence electrons. The van der Waals surface area contributed by atoms with E-state index in [1.807, 2.05) is 12.1 Å². The Morgan fingerprint density at radius 3 is 2.93 bits per heavy atom. The van der Waals surface area contributed by atoms with Crippen molar-refractivity contribution in [2.75, 3.05) is 20.3 Å². The molecule has 2 aromatic carbocycles. The molecule has 29 heavy (non-hydrogen) atoms. The van der Waals surface area contributed by atoms with Gasteiger partial charge in [-0.3, -0.25) is 9.59 Å². The molecule has 1 aromatic heterocycles. The first kappa shape index (κ1) is 10.9. The number of carbonyl (C=O) groups excluding carboxylic acids is 2. The minimum atomic E-state index is -2.68. The summed E-state index contributed by atoms with van der Waals surface area (Å²) in [4.78, 5) is 31.9. The van der Waals surface area contributed by atoms with Crippen LogP contribution in [-0.2, 0) is 16.0 Å². The van der Waals surface area contributed by atoms with Gasteiger partial charge in [0.15, 0.2) is 11.5 Å². The van der Waals surface area contributed by atoms with Crippen molar-refractivity contribution in [3.63, 3.8) is 0 Å². The van der Waals surface area contributed by atoms with Crippen LogP contribution in [0.1, 0.15) is 32.5 Å². The van der Waals surface area contributed by atoms with Crippen LogP contribution in [0.5, 0.6) is 11.5 Å². The number of likely N-dealkylation sites (N-methyl/N-ethyl adjacent to an activating group) is 1. The average Bonchev–Trinajstić information content (AvgIpc) is 3.37. The fraction of sp³-hybridized carbons (Fsp3) is 0.273. The standard InChI is InChI=1S/C22H19N3O4/c1-24-10-19(26)25-16(22(24)27)9-14-13-4-2-3-5-15(13)23-20(14)21(25)12-6-7-17-18(8-12)29-11-28-17/h2-8,16,21,23H,9-11H2,1H3/t16-,21?/m1/s1/i6D,7D,8D,10D2,11D2.